The Labute approximate surface area is 93.5 Å². The Morgan fingerprint density at radius 2 is 1.85 bits per heavy atom. The van der Waals surface area contributed by atoms with Crippen molar-refractivity contribution >= 4 is 26.4 Å². The summed E-state index contributed by atoms with van der Waals surface area (Å²) in [4.78, 5) is 13.1. The van der Waals surface area contributed by atoms with Crippen molar-refractivity contribution in [3.05, 3.63) is 12.2 Å². The normalized spacial score (nSPS) is 20.4. The maximum Gasteiger partial charge on any atom is 0.214 e. The van der Waals surface area contributed by atoms with Crippen molar-refractivity contribution in [1.29, 1.82) is 0 Å². The van der Waals surface area contributed by atoms with Gasteiger partial charge in [-0.2, -0.15) is 0 Å². The van der Waals surface area contributed by atoms with Crippen LogP contribution in [0.2, 0.25) is 0 Å². The van der Waals surface area contributed by atoms with E-state index in [1.54, 1.807) is 28.7 Å². The SMILES string of the molecule is O=C(I)/C=C/CN1CCCCCC1. The molecule has 74 valence electrons. The molecule has 0 bridgehead atoms. The minimum Gasteiger partial charge on any atom is -0.300 e. The summed E-state index contributed by atoms with van der Waals surface area (Å²) in [5.41, 5.74) is 0. The van der Waals surface area contributed by atoms with Crippen LogP contribution in [-0.2, 0) is 4.79 Å². The number of halogens is 1. The zero-order chi connectivity index (χ0) is 9.52. The zero-order valence-corrected chi connectivity index (χ0v) is 10.00. The summed E-state index contributed by atoms with van der Waals surface area (Å²) in [5.74, 6) is 0. The first kappa shape index (κ1) is 11.2. The number of nitrogens with zero attached hydrogens (tertiary/aromatic N) is 1. The van der Waals surface area contributed by atoms with Gasteiger partial charge in [-0.1, -0.05) is 18.9 Å². The largest absolute Gasteiger partial charge is 0.300 e. The third-order valence-electron chi connectivity index (χ3n) is 2.31. The van der Waals surface area contributed by atoms with E-state index in [1.807, 2.05) is 6.08 Å². The smallest absolute Gasteiger partial charge is 0.214 e. The molecule has 1 saturated heterocycles. The summed E-state index contributed by atoms with van der Waals surface area (Å²) in [7, 11) is 0. The Morgan fingerprint density at radius 1 is 1.23 bits per heavy atom. The van der Waals surface area contributed by atoms with Gasteiger partial charge in [-0.15, -0.1) is 0 Å². The molecule has 0 spiro atoms. The van der Waals surface area contributed by atoms with Gasteiger partial charge >= 0.3 is 0 Å². The number of likely N-dealkylation sites (tertiary alicyclic amines) is 1. The third-order valence-corrected chi connectivity index (χ3v) is 2.67. The molecule has 13 heavy (non-hydrogen) atoms. The molecule has 0 aromatic rings. The highest BCUT2D eigenvalue weighted by atomic mass is 127. The molecule has 0 amide bonds. The minimum absolute atomic E-state index is 0.118. The van der Waals surface area contributed by atoms with Crippen molar-refractivity contribution in [2.24, 2.45) is 0 Å². The van der Waals surface area contributed by atoms with Gasteiger partial charge in [0.05, 0.1) is 0 Å². The lowest BCUT2D eigenvalue weighted by Crippen LogP contribution is -2.24. The highest BCUT2D eigenvalue weighted by molar-refractivity contribution is 14.1. The van der Waals surface area contributed by atoms with Crippen molar-refractivity contribution in [2.75, 3.05) is 19.6 Å². The third kappa shape index (κ3) is 5.41. The van der Waals surface area contributed by atoms with Crippen LogP contribution in [-0.4, -0.2) is 28.3 Å². The van der Waals surface area contributed by atoms with Gasteiger partial charge in [-0.25, -0.2) is 0 Å². The monoisotopic (exact) mass is 293 g/mol. The molecular weight excluding hydrogens is 277 g/mol. The molecule has 0 atom stereocenters. The lowest BCUT2D eigenvalue weighted by atomic mass is 10.2. The number of rotatable bonds is 3. The summed E-state index contributed by atoms with van der Waals surface area (Å²) in [6.45, 7) is 3.33. The van der Waals surface area contributed by atoms with Gasteiger partial charge in [0.25, 0.3) is 0 Å². The van der Waals surface area contributed by atoms with Crippen molar-refractivity contribution in [3.63, 3.8) is 0 Å². The second-order valence-electron chi connectivity index (χ2n) is 3.42. The Hall–Kier alpha value is 0.1000. The highest BCUT2D eigenvalue weighted by Gasteiger charge is 2.06. The molecule has 1 aliphatic rings. The van der Waals surface area contributed by atoms with E-state index < -0.39 is 0 Å². The molecular formula is C10H16INO. The number of carbonyl (C=O) groups is 1. The Balaban J connectivity index is 2.22. The van der Waals surface area contributed by atoms with Gasteiger partial charge in [-0.3, -0.25) is 9.69 Å². The molecule has 0 saturated carbocycles. The molecule has 0 aromatic carbocycles. The van der Waals surface area contributed by atoms with Crippen LogP contribution in [0, 0.1) is 0 Å². The standard InChI is InChI=1S/C10H16INO/c11-10(13)6-5-9-12-7-3-1-2-4-8-12/h5-6H,1-4,7-9H2/b6-5+. The first-order valence-corrected chi connectivity index (χ1v) is 5.95. The fourth-order valence-electron chi connectivity index (χ4n) is 1.61. The van der Waals surface area contributed by atoms with E-state index in [1.165, 1.54) is 38.8 Å². The van der Waals surface area contributed by atoms with Gasteiger partial charge < -0.3 is 0 Å². The average Bonchev–Trinajstić information content (AvgIpc) is 2.32. The summed E-state index contributed by atoms with van der Waals surface area (Å²) < 4.78 is 0.118. The number of hydrogen-bond acceptors (Lipinski definition) is 2. The van der Waals surface area contributed by atoms with Crippen LogP contribution in [0.5, 0.6) is 0 Å². The maximum absolute atomic E-state index is 10.6. The van der Waals surface area contributed by atoms with Crippen molar-refractivity contribution in [1.82, 2.24) is 4.90 Å². The van der Waals surface area contributed by atoms with Gasteiger partial charge in [-0.05, 0) is 32.0 Å². The predicted octanol–water partition coefficient (Wildman–Crippen LogP) is 2.38. The minimum atomic E-state index is 0.118. The molecule has 1 fully saturated rings. The molecule has 0 aromatic heterocycles. The average molecular weight is 293 g/mol. The van der Waals surface area contributed by atoms with E-state index in [0.717, 1.165) is 6.54 Å². The second kappa shape index (κ2) is 6.54. The van der Waals surface area contributed by atoms with Crippen LogP contribution in [0.1, 0.15) is 25.7 Å². The Kier molecular flexibility index (Phi) is 5.62. The zero-order valence-electron chi connectivity index (χ0n) is 7.84. The van der Waals surface area contributed by atoms with Crippen molar-refractivity contribution in [2.45, 2.75) is 25.7 Å². The fraction of sp³-hybridized carbons (Fsp3) is 0.700. The quantitative estimate of drug-likeness (QED) is 0.452. The maximum atomic E-state index is 10.6. The van der Waals surface area contributed by atoms with E-state index in [0.29, 0.717) is 0 Å². The summed E-state index contributed by atoms with van der Waals surface area (Å²) in [6.07, 6.45) is 8.99. The molecule has 1 rings (SSSR count). The van der Waals surface area contributed by atoms with Crippen LogP contribution in [0.25, 0.3) is 0 Å². The first-order valence-electron chi connectivity index (χ1n) is 4.87. The topological polar surface area (TPSA) is 20.3 Å². The molecule has 2 nitrogen and oxygen atoms in total. The molecule has 0 aliphatic carbocycles. The summed E-state index contributed by atoms with van der Waals surface area (Å²) >= 11 is 1.80. The molecule has 1 aliphatic heterocycles. The molecule has 0 N–H and O–H groups in total. The van der Waals surface area contributed by atoms with Crippen LogP contribution in [0.3, 0.4) is 0 Å². The lowest BCUT2D eigenvalue weighted by molar-refractivity contribution is -0.105. The first-order chi connectivity index (χ1) is 6.29. The van der Waals surface area contributed by atoms with E-state index in [4.69, 9.17) is 0 Å². The van der Waals surface area contributed by atoms with E-state index in [2.05, 4.69) is 4.90 Å². The van der Waals surface area contributed by atoms with E-state index >= 15 is 0 Å². The van der Waals surface area contributed by atoms with Crippen LogP contribution in [0.15, 0.2) is 12.2 Å². The molecule has 0 unspecified atom stereocenters. The van der Waals surface area contributed by atoms with Crippen molar-refractivity contribution < 1.29 is 4.79 Å². The Bertz CT molecular complexity index is 183. The van der Waals surface area contributed by atoms with Crippen LogP contribution >= 0.6 is 22.6 Å². The van der Waals surface area contributed by atoms with Crippen molar-refractivity contribution in [3.8, 4) is 0 Å². The molecule has 1 heterocycles. The predicted molar refractivity (Wildman–Crippen MR) is 63.1 cm³/mol. The second-order valence-corrected chi connectivity index (χ2v) is 4.48. The highest BCUT2D eigenvalue weighted by Crippen LogP contribution is 2.09. The Morgan fingerprint density at radius 3 is 2.38 bits per heavy atom. The van der Waals surface area contributed by atoms with Gasteiger partial charge in [0.2, 0.25) is 3.79 Å². The van der Waals surface area contributed by atoms with E-state index in [9.17, 15) is 4.79 Å². The summed E-state index contributed by atoms with van der Waals surface area (Å²) in [6, 6.07) is 0. The summed E-state index contributed by atoms with van der Waals surface area (Å²) in [5, 5.41) is 0. The van der Waals surface area contributed by atoms with E-state index in [-0.39, 0.29) is 3.79 Å². The fourth-order valence-corrected chi connectivity index (χ4v) is 1.87. The van der Waals surface area contributed by atoms with Crippen LogP contribution in [0.4, 0.5) is 0 Å². The van der Waals surface area contributed by atoms with Gasteiger partial charge in [0, 0.05) is 29.1 Å². The number of hydrogen-bond donors (Lipinski definition) is 0. The number of allylic oxidation sites excluding steroid dienone is 1. The van der Waals surface area contributed by atoms with Gasteiger partial charge in [0.15, 0.2) is 0 Å². The number of carbonyl (C=O) groups excluding carboxylic acids is 1. The lowest BCUT2D eigenvalue weighted by Gasteiger charge is -2.16. The molecule has 3 heteroatoms. The molecule has 0 radical (unpaired) electrons. The van der Waals surface area contributed by atoms with Gasteiger partial charge in [0.1, 0.15) is 0 Å². The van der Waals surface area contributed by atoms with Crippen LogP contribution < -0.4 is 0 Å².